The Bertz CT molecular complexity index is 258. The van der Waals surface area contributed by atoms with Crippen molar-refractivity contribution in [3.8, 4) is 0 Å². The molecule has 4 nitrogen and oxygen atoms in total. The van der Waals surface area contributed by atoms with E-state index in [1.807, 2.05) is 11.9 Å². The van der Waals surface area contributed by atoms with Gasteiger partial charge in [0, 0.05) is 20.0 Å². The van der Waals surface area contributed by atoms with Crippen LogP contribution in [0, 0.1) is 11.8 Å². The lowest BCUT2D eigenvalue weighted by Crippen LogP contribution is -2.40. The fraction of sp³-hybridized carbons (Fsp3) is 0.923. The first-order valence-corrected chi connectivity index (χ1v) is 6.78. The van der Waals surface area contributed by atoms with Crippen molar-refractivity contribution in [3.05, 3.63) is 0 Å². The molecule has 0 bridgehead atoms. The van der Waals surface area contributed by atoms with Gasteiger partial charge in [0.2, 0.25) is 5.91 Å². The number of nitrogens with one attached hydrogen (secondary N) is 1. The predicted octanol–water partition coefficient (Wildman–Crippen LogP) is 0.605. The van der Waals surface area contributed by atoms with E-state index in [4.69, 9.17) is 0 Å². The number of amides is 1. The van der Waals surface area contributed by atoms with Gasteiger partial charge in [0.05, 0.1) is 6.10 Å². The Morgan fingerprint density at radius 1 is 1.29 bits per heavy atom. The largest absolute Gasteiger partial charge is 0.393 e. The Morgan fingerprint density at radius 3 is 2.53 bits per heavy atom. The Morgan fingerprint density at radius 2 is 1.94 bits per heavy atom. The van der Waals surface area contributed by atoms with Crippen molar-refractivity contribution in [1.82, 2.24) is 10.2 Å². The minimum absolute atomic E-state index is 0.118. The van der Waals surface area contributed by atoms with E-state index >= 15 is 0 Å². The quantitative estimate of drug-likeness (QED) is 0.757. The molecule has 4 heteroatoms. The van der Waals surface area contributed by atoms with E-state index in [9.17, 15) is 9.90 Å². The molecule has 0 aromatic rings. The molecule has 0 unspecified atom stereocenters. The molecule has 1 heterocycles. The molecule has 1 amide bonds. The third-order valence-corrected chi connectivity index (χ3v) is 4.09. The summed E-state index contributed by atoms with van der Waals surface area (Å²) in [5.41, 5.74) is 0. The van der Waals surface area contributed by atoms with Crippen LogP contribution in [-0.4, -0.2) is 48.7 Å². The maximum Gasteiger partial charge on any atom is 0.222 e. The molecule has 17 heavy (non-hydrogen) atoms. The van der Waals surface area contributed by atoms with Crippen LogP contribution in [0.15, 0.2) is 0 Å². The van der Waals surface area contributed by atoms with E-state index in [0.717, 1.165) is 45.3 Å². The first-order chi connectivity index (χ1) is 8.15. The summed E-state index contributed by atoms with van der Waals surface area (Å²) in [6.07, 6.45) is 4.57. The molecule has 2 fully saturated rings. The summed E-state index contributed by atoms with van der Waals surface area (Å²) in [5.74, 6) is 1.36. The van der Waals surface area contributed by atoms with E-state index in [0.29, 0.717) is 18.3 Å². The number of piperidine rings is 1. The van der Waals surface area contributed by atoms with Gasteiger partial charge in [0.15, 0.2) is 0 Å². The normalized spacial score (nSPS) is 29.8. The van der Waals surface area contributed by atoms with Crippen molar-refractivity contribution in [2.75, 3.05) is 26.7 Å². The number of rotatable bonds is 4. The van der Waals surface area contributed by atoms with Crippen LogP contribution in [0.3, 0.4) is 0 Å². The van der Waals surface area contributed by atoms with Crippen molar-refractivity contribution in [2.45, 2.75) is 38.2 Å². The second kappa shape index (κ2) is 5.83. The summed E-state index contributed by atoms with van der Waals surface area (Å²) < 4.78 is 0. The van der Waals surface area contributed by atoms with E-state index in [2.05, 4.69) is 5.32 Å². The van der Waals surface area contributed by atoms with Crippen molar-refractivity contribution in [1.29, 1.82) is 0 Å². The van der Waals surface area contributed by atoms with Crippen LogP contribution in [0.5, 0.6) is 0 Å². The van der Waals surface area contributed by atoms with Gasteiger partial charge < -0.3 is 15.3 Å². The minimum Gasteiger partial charge on any atom is -0.393 e. The Kier molecular flexibility index (Phi) is 4.40. The van der Waals surface area contributed by atoms with E-state index < -0.39 is 0 Å². The Labute approximate surface area is 103 Å². The number of nitrogens with zero attached hydrogens (tertiary/aromatic N) is 1. The van der Waals surface area contributed by atoms with Gasteiger partial charge in [0.25, 0.3) is 0 Å². The fourth-order valence-corrected chi connectivity index (χ4v) is 2.83. The zero-order chi connectivity index (χ0) is 12.3. The lowest BCUT2D eigenvalue weighted by atomic mass is 9.82. The molecule has 0 aromatic carbocycles. The molecule has 2 rings (SSSR count). The topological polar surface area (TPSA) is 52.6 Å². The minimum atomic E-state index is -0.118. The molecular weight excluding hydrogens is 216 g/mol. The zero-order valence-electron chi connectivity index (χ0n) is 10.7. The highest BCUT2D eigenvalue weighted by atomic mass is 16.3. The second-order valence-corrected chi connectivity index (χ2v) is 5.66. The smallest absolute Gasteiger partial charge is 0.222 e. The van der Waals surface area contributed by atoms with Gasteiger partial charge in [-0.15, -0.1) is 0 Å². The molecular formula is C13H24N2O2. The number of carbonyl (C=O) groups is 1. The first-order valence-electron chi connectivity index (χ1n) is 6.78. The van der Waals surface area contributed by atoms with Gasteiger partial charge >= 0.3 is 0 Å². The monoisotopic (exact) mass is 240 g/mol. The molecule has 0 radical (unpaired) electrons. The Hall–Kier alpha value is -0.610. The zero-order valence-corrected chi connectivity index (χ0v) is 10.7. The standard InChI is InChI=1S/C13H24N2O2/c1-15(9-11-6-12(16)7-11)13(17)8-10-2-4-14-5-3-10/h10-12,14,16H,2-9H2,1H3. The number of hydrogen-bond acceptors (Lipinski definition) is 3. The molecule has 0 spiro atoms. The first kappa shape index (κ1) is 12.8. The summed E-state index contributed by atoms with van der Waals surface area (Å²) in [6.45, 7) is 2.92. The van der Waals surface area contributed by atoms with Crippen LogP contribution in [0.25, 0.3) is 0 Å². The highest BCUT2D eigenvalue weighted by Gasteiger charge is 2.29. The van der Waals surface area contributed by atoms with E-state index in [1.54, 1.807) is 0 Å². The summed E-state index contributed by atoms with van der Waals surface area (Å²) in [4.78, 5) is 13.9. The number of carbonyl (C=O) groups excluding carboxylic acids is 1. The molecule has 2 N–H and O–H groups in total. The highest BCUT2D eigenvalue weighted by molar-refractivity contribution is 5.76. The summed E-state index contributed by atoms with van der Waals surface area (Å²) >= 11 is 0. The van der Waals surface area contributed by atoms with Crippen molar-refractivity contribution in [2.24, 2.45) is 11.8 Å². The van der Waals surface area contributed by atoms with Gasteiger partial charge in [-0.05, 0) is 50.6 Å². The van der Waals surface area contributed by atoms with Crippen molar-refractivity contribution >= 4 is 5.91 Å². The maximum absolute atomic E-state index is 12.0. The van der Waals surface area contributed by atoms with Crippen LogP contribution in [-0.2, 0) is 4.79 Å². The fourth-order valence-electron chi connectivity index (χ4n) is 2.83. The summed E-state index contributed by atoms with van der Waals surface area (Å²) in [5, 5.41) is 12.5. The third kappa shape index (κ3) is 3.68. The van der Waals surface area contributed by atoms with Gasteiger partial charge in [-0.3, -0.25) is 4.79 Å². The van der Waals surface area contributed by atoms with Crippen molar-refractivity contribution < 1.29 is 9.90 Å². The lowest BCUT2D eigenvalue weighted by molar-refractivity contribution is -0.132. The third-order valence-electron chi connectivity index (χ3n) is 4.09. The molecule has 1 aliphatic heterocycles. The average Bonchev–Trinajstić information content (AvgIpc) is 2.28. The van der Waals surface area contributed by atoms with Crippen LogP contribution < -0.4 is 5.32 Å². The van der Waals surface area contributed by atoms with Gasteiger partial charge in [-0.25, -0.2) is 0 Å². The van der Waals surface area contributed by atoms with E-state index in [1.165, 1.54) is 0 Å². The van der Waals surface area contributed by atoms with Gasteiger partial charge in [0.1, 0.15) is 0 Å². The van der Waals surface area contributed by atoms with Gasteiger partial charge in [-0.2, -0.15) is 0 Å². The van der Waals surface area contributed by atoms with Crippen molar-refractivity contribution in [3.63, 3.8) is 0 Å². The number of hydrogen-bond donors (Lipinski definition) is 2. The van der Waals surface area contributed by atoms with Crippen LogP contribution >= 0.6 is 0 Å². The molecule has 1 saturated carbocycles. The molecule has 1 aliphatic carbocycles. The molecule has 98 valence electrons. The summed E-state index contributed by atoms with van der Waals surface area (Å²) in [7, 11) is 1.90. The molecule has 0 atom stereocenters. The van der Waals surface area contributed by atoms with Gasteiger partial charge in [-0.1, -0.05) is 0 Å². The average molecular weight is 240 g/mol. The SMILES string of the molecule is CN(CC1CC(O)C1)C(=O)CC1CCNCC1. The molecule has 1 saturated heterocycles. The predicted molar refractivity (Wildman–Crippen MR) is 66.6 cm³/mol. The highest BCUT2D eigenvalue weighted by Crippen LogP contribution is 2.28. The maximum atomic E-state index is 12.0. The van der Waals surface area contributed by atoms with Crippen LogP contribution in [0.2, 0.25) is 0 Å². The second-order valence-electron chi connectivity index (χ2n) is 5.66. The van der Waals surface area contributed by atoms with Crippen LogP contribution in [0.4, 0.5) is 0 Å². The van der Waals surface area contributed by atoms with Crippen LogP contribution in [0.1, 0.15) is 32.1 Å². The molecule has 0 aromatic heterocycles. The number of aliphatic hydroxyl groups excluding tert-OH is 1. The number of aliphatic hydroxyl groups is 1. The van der Waals surface area contributed by atoms with E-state index in [-0.39, 0.29) is 12.0 Å². The lowest BCUT2D eigenvalue weighted by Gasteiger charge is -2.35. The Balaban J connectivity index is 1.67. The summed E-state index contributed by atoms with van der Waals surface area (Å²) in [6, 6.07) is 0. The molecule has 2 aliphatic rings.